The van der Waals surface area contributed by atoms with Crippen LogP contribution in [0.2, 0.25) is 0 Å². The van der Waals surface area contributed by atoms with Crippen LogP contribution in [0.25, 0.3) is 44.2 Å². The Kier molecular flexibility index (Phi) is 17.1. The molecule has 0 saturated carbocycles. The highest BCUT2D eigenvalue weighted by Crippen LogP contribution is 2.41. The summed E-state index contributed by atoms with van der Waals surface area (Å²) in [4.78, 5) is 1.10. The molecule has 290 valence electrons. The van der Waals surface area contributed by atoms with Gasteiger partial charge < -0.3 is 15.6 Å². The summed E-state index contributed by atoms with van der Waals surface area (Å²) in [5.74, 6) is 0. The number of fused-ring (bicyclic) bond motifs is 3. The van der Waals surface area contributed by atoms with Crippen LogP contribution in [0.1, 0.15) is 50.6 Å². The fourth-order valence-corrected chi connectivity index (χ4v) is 7.55. The molecule has 5 heteroatoms. The Morgan fingerprint density at radius 3 is 2.33 bits per heavy atom. The van der Waals surface area contributed by atoms with E-state index in [4.69, 9.17) is 5.73 Å². The van der Waals surface area contributed by atoms with Gasteiger partial charge in [0.25, 0.3) is 0 Å². The molecule has 1 atom stereocenters. The van der Waals surface area contributed by atoms with E-state index in [1.54, 1.807) is 17.8 Å². The zero-order valence-electron chi connectivity index (χ0n) is 33.6. The van der Waals surface area contributed by atoms with Gasteiger partial charge >= 0.3 is 0 Å². The first-order valence-corrected chi connectivity index (χ1v) is 20.1. The van der Waals surface area contributed by atoms with Gasteiger partial charge in [-0.25, -0.2) is 0 Å². The van der Waals surface area contributed by atoms with Gasteiger partial charge in [0.1, 0.15) is 0 Å². The molecule has 0 aliphatic heterocycles. The molecule has 5 aromatic rings. The molecule has 1 heterocycles. The zero-order valence-corrected chi connectivity index (χ0v) is 35.4. The minimum absolute atomic E-state index is 0. The number of aromatic nitrogens is 1. The first-order chi connectivity index (χ1) is 27.4. The Morgan fingerprint density at radius 1 is 0.860 bits per heavy atom. The number of hydrogen-bond acceptors (Lipinski definition) is 3. The molecule has 3 nitrogen and oxygen atoms in total. The Morgan fingerprint density at radius 2 is 1.61 bits per heavy atom. The summed E-state index contributed by atoms with van der Waals surface area (Å²) in [6.07, 6.45) is 29.6. The molecule has 6 rings (SSSR count). The van der Waals surface area contributed by atoms with Crippen LogP contribution in [0.3, 0.4) is 0 Å². The van der Waals surface area contributed by atoms with Gasteiger partial charge in [0.15, 0.2) is 0 Å². The minimum Gasteiger partial charge on any atom is -0.355 e. The summed E-state index contributed by atoms with van der Waals surface area (Å²) in [5.41, 5.74) is 18.3. The lowest BCUT2D eigenvalue weighted by molar-refractivity contribution is 1.04. The number of nitrogens with two attached hydrogens (primary N) is 1. The van der Waals surface area contributed by atoms with E-state index in [-0.39, 0.29) is 18.9 Å². The first kappa shape index (κ1) is 44.0. The van der Waals surface area contributed by atoms with Crippen molar-refractivity contribution in [1.29, 1.82) is 0 Å². The van der Waals surface area contributed by atoms with E-state index in [0.29, 0.717) is 0 Å². The van der Waals surface area contributed by atoms with Crippen LogP contribution in [0, 0.1) is 0 Å². The normalized spacial score (nSPS) is 13.8. The van der Waals surface area contributed by atoms with Crippen molar-refractivity contribution in [3.63, 3.8) is 0 Å². The number of nitrogens with zero attached hydrogens (tertiary/aromatic N) is 1. The highest BCUT2D eigenvalue weighted by Gasteiger charge is 2.20. The molecule has 1 aliphatic rings. The molecule has 1 aliphatic carbocycles. The number of hydrogen-bond donors (Lipinski definition) is 2. The Balaban J connectivity index is 0.00000236. The lowest BCUT2D eigenvalue weighted by Crippen LogP contribution is -2.05. The van der Waals surface area contributed by atoms with E-state index in [0.717, 1.165) is 61.8 Å². The van der Waals surface area contributed by atoms with Crippen molar-refractivity contribution in [2.24, 2.45) is 5.73 Å². The Labute approximate surface area is 351 Å². The number of thioether (sulfide) groups is 1. The van der Waals surface area contributed by atoms with Gasteiger partial charge in [-0.3, -0.25) is 0 Å². The average Bonchev–Trinajstić information content (AvgIpc) is 3.88. The first-order valence-electron chi connectivity index (χ1n) is 19.2. The number of para-hydroxylation sites is 1. The molecule has 0 saturated heterocycles. The van der Waals surface area contributed by atoms with Gasteiger partial charge in [-0.05, 0) is 95.5 Å². The predicted octanol–water partition coefficient (Wildman–Crippen LogP) is 15.0. The van der Waals surface area contributed by atoms with Crippen LogP contribution in [-0.2, 0) is 0 Å². The molecule has 57 heavy (non-hydrogen) atoms. The molecular weight excluding hydrogens is 731 g/mol. The van der Waals surface area contributed by atoms with Crippen LogP contribution in [0.5, 0.6) is 0 Å². The maximum absolute atomic E-state index is 6.71. The van der Waals surface area contributed by atoms with E-state index < -0.39 is 0 Å². The molecule has 3 N–H and O–H groups in total. The van der Waals surface area contributed by atoms with Crippen LogP contribution in [0.15, 0.2) is 212 Å². The predicted molar refractivity (Wildman–Crippen MR) is 262 cm³/mol. The Hall–Kier alpha value is -5.72. The van der Waals surface area contributed by atoms with Gasteiger partial charge in [0, 0.05) is 33.4 Å². The smallest absolute Gasteiger partial charge is 0.0808 e. The Bertz CT molecular complexity index is 2450. The lowest BCUT2D eigenvalue weighted by Gasteiger charge is -2.17. The number of allylic oxidation sites excluding steroid dienone is 18. The van der Waals surface area contributed by atoms with Crippen molar-refractivity contribution in [2.45, 2.75) is 39.5 Å². The van der Waals surface area contributed by atoms with Crippen molar-refractivity contribution in [1.82, 2.24) is 4.57 Å². The molecule has 0 fully saturated rings. The van der Waals surface area contributed by atoms with E-state index in [2.05, 4.69) is 158 Å². The maximum Gasteiger partial charge on any atom is 0.0808 e. The van der Waals surface area contributed by atoms with Crippen molar-refractivity contribution >= 4 is 64.0 Å². The number of benzene rings is 4. The molecule has 0 spiro atoms. The number of anilines is 1. The fraction of sp³-hybridized carbons (Fsp3) is 0.115. The monoisotopic (exact) mass is 785 g/mol. The van der Waals surface area contributed by atoms with Gasteiger partial charge in [-0.15, -0.1) is 11.8 Å². The summed E-state index contributed by atoms with van der Waals surface area (Å²) in [6, 6.07) is 31.8. The van der Waals surface area contributed by atoms with Crippen LogP contribution >= 0.6 is 25.3 Å². The molecule has 0 bridgehead atoms. The standard InChI is InChI=1S/C50H47N3S.C2H6.H2S/c1-6-9-11-21-36(4)48-46(33-32-45-44-30-16-17-31-47(44)53(49(45)48)43-28-14-15-29-43)52-42(8-3)27-18-22-38(20-7-2)34-37(5)54-50(51)41-26-19-25-40(35-41)39-23-12-10-13-24-39;1-2;/h6-14,16-35,50,52H,2-4,15,51H2,1,5H3;1-2H3;1H2/b9-6-,21-11-,22-18+,37-34+,38-20-,42-27+;;. The summed E-state index contributed by atoms with van der Waals surface area (Å²) in [6.45, 7) is 20.8. The molecule has 0 radical (unpaired) electrons. The van der Waals surface area contributed by atoms with Gasteiger partial charge in [0.05, 0.1) is 16.4 Å². The van der Waals surface area contributed by atoms with Gasteiger partial charge in [-0.2, -0.15) is 13.5 Å². The molecule has 1 aromatic heterocycles. The quantitative estimate of drug-likeness (QED) is 0.0821. The van der Waals surface area contributed by atoms with Crippen molar-refractivity contribution in [3.05, 3.63) is 223 Å². The van der Waals surface area contributed by atoms with Crippen molar-refractivity contribution in [2.75, 3.05) is 5.32 Å². The van der Waals surface area contributed by atoms with Crippen LogP contribution in [0.4, 0.5) is 5.69 Å². The number of nitrogens with one attached hydrogen (secondary N) is 1. The summed E-state index contributed by atoms with van der Waals surface area (Å²) in [7, 11) is 0. The summed E-state index contributed by atoms with van der Waals surface area (Å²) in [5, 5.41) is 5.87. The van der Waals surface area contributed by atoms with Gasteiger partial charge in [0.2, 0.25) is 0 Å². The maximum atomic E-state index is 6.71. The largest absolute Gasteiger partial charge is 0.355 e. The van der Waals surface area contributed by atoms with E-state index in [1.807, 2.05) is 69.4 Å². The van der Waals surface area contributed by atoms with Crippen molar-refractivity contribution in [3.8, 4) is 11.1 Å². The summed E-state index contributed by atoms with van der Waals surface area (Å²) >= 11 is 1.64. The fourth-order valence-electron chi connectivity index (χ4n) is 6.66. The van der Waals surface area contributed by atoms with Crippen LogP contribution in [-0.4, -0.2) is 4.57 Å². The lowest BCUT2D eigenvalue weighted by atomic mass is 9.99. The summed E-state index contributed by atoms with van der Waals surface area (Å²) < 4.78 is 2.37. The molecule has 0 amide bonds. The van der Waals surface area contributed by atoms with Gasteiger partial charge in [-0.1, -0.05) is 167 Å². The second-order valence-electron chi connectivity index (χ2n) is 12.9. The highest BCUT2D eigenvalue weighted by molar-refractivity contribution is 8.03. The van der Waals surface area contributed by atoms with E-state index in [1.165, 1.54) is 21.9 Å². The second-order valence-corrected chi connectivity index (χ2v) is 14.3. The third kappa shape index (κ3) is 11.0. The topological polar surface area (TPSA) is 43.0 Å². The van der Waals surface area contributed by atoms with E-state index >= 15 is 0 Å². The average molecular weight is 786 g/mol. The number of rotatable bonds is 15. The third-order valence-electron chi connectivity index (χ3n) is 9.15. The molecule has 1 unspecified atom stereocenters. The molecular formula is C52H55N3S2. The van der Waals surface area contributed by atoms with Crippen LogP contribution < -0.4 is 11.1 Å². The minimum atomic E-state index is -0.204. The van der Waals surface area contributed by atoms with E-state index in [9.17, 15) is 0 Å². The molecule has 4 aromatic carbocycles. The van der Waals surface area contributed by atoms with Crippen molar-refractivity contribution < 1.29 is 0 Å². The zero-order chi connectivity index (χ0) is 39.9. The third-order valence-corrected chi connectivity index (χ3v) is 10.2. The SMILES string of the molecule is C=C/C=C(/C=C/C=C(\C=C)Nc1ccc2c3ccccc3n(C3=CCC=C3)c2c1C(=C)/C=C\C=C/C)\C=C(/C)SC(N)c1cccc(-c2ccccc2)c1.CC.S. The highest BCUT2D eigenvalue weighted by atomic mass is 32.2. The second kappa shape index (κ2) is 22.1.